The molecular formula is C25H35F3N6O3. The fourth-order valence-corrected chi connectivity index (χ4v) is 4.98. The molecule has 2 aromatic rings. The van der Waals surface area contributed by atoms with Crippen LogP contribution in [-0.4, -0.2) is 70.0 Å². The van der Waals surface area contributed by atoms with Crippen LogP contribution < -0.4 is 16.0 Å². The summed E-state index contributed by atoms with van der Waals surface area (Å²) >= 11 is 0. The van der Waals surface area contributed by atoms with Crippen LogP contribution in [0, 0.1) is 0 Å². The van der Waals surface area contributed by atoms with E-state index in [0.717, 1.165) is 50.9 Å². The molecule has 4 rings (SSSR count). The van der Waals surface area contributed by atoms with Crippen LogP contribution in [0.25, 0.3) is 10.9 Å². The Morgan fingerprint density at radius 3 is 2.35 bits per heavy atom. The molecule has 1 aliphatic carbocycles. The lowest BCUT2D eigenvalue weighted by molar-refractivity contribution is -0.137. The van der Waals surface area contributed by atoms with Gasteiger partial charge in [0, 0.05) is 37.6 Å². The molecule has 204 valence electrons. The summed E-state index contributed by atoms with van der Waals surface area (Å²) in [6.45, 7) is 6.94. The van der Waals surface area contributed by atoms with E-state index < -0.39 is 17.3 Å². The van der Waals surface area contributed by atoms with E-state index in [-0.39, 0.29) is 36.4 Å². The number of aromatic nitrogens is 2. The van der Waals surface area contributed by atoms with Gasteiger partial charge in [0.05, 0.1) is 23.7 Å². The Balaban J connectivity index is 1.19. The summed E-state index contributed by atoms with van der Waals surface area (Å²) in [6.07, 6.45) is -1.13. The molecule has 0 atom stereocenters. The number of halogens is 3. The third kappa shape index (κ3) is 6.85. The van der Waals surface area contributed by atoms with E-state index in [0.29, 0.717) is 16.9 Å². The highest BCUT2D eigenvalue weighted by atomic mass is 19.4. The van der Waals surface area contributed by atoms with Gasteiger partial charge in [0.25, 0.3) is 0 Å². The third-order valence-corrected chi connectivity index (χ3v) is 6.80. The van der Waals surface area contributed by atoms with Gasteiger partial charge in [-0.3, -0.25) is 14.4 Å². The number of alkyl halides is 3. The summed E-state index contributed by atoms with van der Waals surface area (Å²) in [5, 5.41) is 13.3. The number of likely N-dealkylation sites (tertiary alicyclic amines) is 1. The zero-order valence-electron chi connectivity index (χ0n) is 21.6. The van der Waals surface area contributed by atoms with Gasteiger partial charge < -0.3 is 20.7 Å². The molecule has 0 radical (unpaired) electrons. The fourth-order valence-electron chi connectivity index (χ4n) is 4.98. The molecule has 0 bridgehead atoms. The van der Waals surface area contributed by atoms with Crippen molar-refractivity contribution in [1.29, 1.82) is 0 Å². The van der Waals surface area contributed by atoms with Crippen LogP contribution in [0.1, 0.15) is 52.0 Å². The zero-order valence-corrected chi connectivity index (χ0v) is 21.6. The molecule has 1 saturated carbocycles. The lowest BCUT2D eigenvalue weighted by atomic mass is 9.88. The second-order valence-electron chi connectivity index (χ2n) is 10.9. The van der Waals surface area contributed by atoms with Gasteiger partial charge in [-0.25, -0.2) is 4.79 Å². The van der Waals surface area contributed by atoms with E-state index in [4.69, 9.17) is 4.74 Å². The van der Waals surface area contributed by atoms with Crippen molar-refractivity contribution in [3.63, 3.8) is 0 Å². The molecule has 1 saturated heterocycles. The number of aryl methyl sites for hydroxylation is 1. The molecule has 1 aromatic heterocycles. The lowest BCUT2D eigenvalue weighted by Crippen LogP contribution is -2.63. The van der Waals surface area contributed by atoms with Gasteiger partial charge in [-0.05, 0) is 64.7 Å². The van der Waals surface area contributed by atoms with Crippen molar-refractivity contribution in [2.24, 2.45) is 7.05 Å². The normalized spacial score (nSPS) is 21.4. The first kappa shape index (κ1) is 27.0. The van der Waals surface area contributed by atoms with Crippen molar-refractivity contribution in [2.75, 3.05) is 25.0 Å². The van der Waals surface area contributed by atoms with Gasteiger partial charge >= 0.3 is 12.3 Å². The van der Waals surface area contributed by atoms with Gasteiger partial charge in [0.2, 0.25) is 5.91 Å². The van der Waals surface area contributed by atoms with Crippen molar-refractivity contribution in [1.82, 2.24) is 25.3 Å². The predicted octanol–water partition coefficient (Wildman–Crippen LogP) is 3.64. The Morgan fingerprint density at radius 1 is 1.05 bits per heavy atom. The number of alkyl carbamates (subject to hydrolysis) is 1. The minimum Gasteiger partial charge on any atom is -0.444 e. The highest BCUT2D eigenvalue weighted by molar-refractivity contribution is 5.92. The SMILES string of the molecule is Cn1nc(NCC(=O)NC2CN([C@H]3CC[C@@H](NC(=O)OC(C)(C)C)CC3)C2)c2cc(C(F)(F)F)ccc21. The first-order chi connectivity index (χ1) is 17.3. The molecule has 3 N–H and O–H groups in total. The fraction of sp³-hybridized carbons (Fsp3) is 0.640. The number of nitrogens with one attached hydrogen (secondary N) is 3. The Labute approximate surface area is 214 Å². The molecule has 1 aromatic carbocycles. The molecule has 2 heterocycles. The zero-order chi connectivity index (χ0) is 27.0. The minimum absolute atomic E-state index is 0.0317. The van der Waals surface area contributed by atoms with Crippen LogP contribution in [0.2, 0.25) is 0 Å². The monoisotopic (exact) mass is 524 g/mol. The number of ether oxygens (including phenoxy) is 1. The van der Waals surface area contributed by atoms with Gasteiger partial charge in [-0.15, -0.1) is 0 Å². The van der Waals surface area contributed by atoms with Crippen molar-refractivity contribution in [3.8, 4) is 0 Å². The summed E-state index contributed by atoms with van der Waals surface area (Å²) in [7, 11) is 1.64. The highest BCUT2D eigenvalue weighted by Crippen LogP contribution is 2.33. The lowest BCUT2D eigenvalue weighted by Gasteiger charge is -2.46. The van der Waals surface area contributed by atoms with E-state index in [9.17, 15) is 22.8 Å². The quantitative estimate of drug-likeness (QED) is 0.534. The highest BCUT2D eigenvalue weighted by Gasteiger charge is 2.36. The smallest absolute Gasteiger partial charge is 0.416 e. The molecule has 1 aliphatic heterocycles. The number of anilines is 1. The van der Waals surface area contributed by atoms with Gasteiger partial charge in [0.15, 0.2) is 5.82 Å². The Hall–Kier alpha value is -3.02. The van der Waals surface area contributed by atoms with Crippen LogP contribution in [0.4, 0.5) is 23.8 Å². The number of hydrogen-bond donors (Lipinski definition) is 3. The van der Waals surface area contributed by atoms with E-state index in [1.165, 1.54) is 10.7 Å². The minimum atomic E-state index is -4.46. The number of hydrogen-bond acceptors (Lipinski definition) is 6. The summed E-state index contributed by atoms with van der Waals surface area (Å²) in [5.74, 6) is 0.00596. The second-order valence-corrected chi connectivity index (χ2v) is 10.9. The van der Waals surface area contributed by atoms with Gasteiger partial charge in [-0.1, -0.05) is 0 Å². The molecular weight excluding hydrogens is 489 g/mol. The molecule has 0 spiro atoms. The van der Waals surface area contributed by atoms with E-state index in [1.807, 2.05) is 20.8 Å². The topological polar surface area (TPSA) is 101 Å². The maximum absolute atomic E-state index is 13.1. The summed E-state index contributed by atoms with van der Waals surface area (Å²) in [4.78, 5) is 26.8. The first-order valence-corrected chi connectivity index (χ1v) is 12.6. The van der Waals surface area contributed by atoms with Crippen LogP contribution in [-0.2, 0) is 22.8 Å². The van der Waals surface area contributed by atoms with E-state index in [1.54, 1.807) is 7.05 Å². The Kier molecular flexibility index (Phi) is 7.59. The number of benzene rings is 1. The van der Waals surface area contributed by atoms with Crippen LogP contribution in [0.15, 0.2) is 18.2 Å². The molecule has 37 heavy (non-hydrogen) atoms. The number of carbonyl (C=O) groups is 2. The van der Waals surface area contributed by atoms with Gasteiger partial charge in [-0.2, -0.15) is 18.3 Å². The van der Waals surface area contributed by atoms with Crippen LogP contribution in [0.5, 0.6) is 0 Å². The Morgan fingerprint density at radius 2 is 1.73 bits per heavy atom. The molecule has 12 heteroatoms. The average Bonchev–Trinajstić information content (AvgIpc) is 3.08. The second kappa shape index (κ2) is 10.4. The average molecular weight is 525 g/mol. The number of rotatable bonds is 6. The molecule has 2 aliphatic rings. The maximum Gasteiger partial charge on any atom is 0.416 e. The number of nitrogens with zero attached hydrogens (tertiary/aromatic N) is 3. The van der Waals surface area contributed by atoms with Crippen molar-refractivity contribution in [3.05, 3.63) is 23.8 Å². The van der Waals surface area contributed by atoms with Crippen LogP contribution in [0.3, 0.4) is 0 Å². The summed E-state index contributed by atoms with van der Waals surface area (Å²) in [5.41, 5.74) is -0.734. The number of amides is 2. The number of fused-ring (bicyclic) bond motifs is 1. The molecule has 2 fully saturated rings. The molecule has 0 unspecified atom stereocenters. The molecule has 2 amide bonds. The maximum atomic E-state index is 13.1. The van der Waals surface area contributed by atoms with Crippen molar-refractivity contribution >= 4 is 28.7 Å². The van der Waals surface area contributed by atoms with Crippen molar-refractivity contribution in [2.45, 2.75) is 76.4 Å². The Bertz CT molecular complexity index is 1130. The largest absolute Gasteiger partial charge is 0.444 e. The van der Waals surface area contributed by atoms with Crippen LogP contribution >= 0.6 is 0 Å². The first-order valence-electron chi connectivity index (χ1n) is 12.6. The predicted molar refractivity (Wildman–Crippen MR) is 133 cm³/mol. The van der Waals surface area contributed by atoms with Gasteiger partial charge in [0.1, 0.15) is 5.60 Å². The summed E-state index contributed by atoms with van der Waals surface area (Å²) in [6, 6.07) is 4.01. The van der Waals surface area contributed by atoms with E-state index in [2.05, 4.69) is 25.9 Å². The third-order valence-electron chi connectivity index (χ3n) is 6.80. The molecule has 9 nitrogen and oxygen atoms in total. The standard InChI is InChI=1S/C25H35F3N6O3/c1-24(2,3)37-23(36)31-16-6-8-18(9-7-16)34-13-17(14-34)30-21(35)12-29-22-19-11-15(25(26,27)28)5-10-20(19)33(4)32-22/h5,10-11,16-18H,6-9,12-14H2,1-4H3,(H,29,32)(H,30,35)(H,31,36)/t16-,18+. The summed E-state index contributed by atoms with van der Waals surface area (Å²) < 4.78 is 46.1. The number of carbonyl (C=O) groups excluding carboxylic acids is 2. The van der Waals surface area contributed by atoms with E-state index >= 15 is 0 Å². The van der Waals surface area contributed by atoms with Crippen molar-refractivity contribution < 1.29 is 27.5 Å².